The van der Waals surface area contributed by atoms with Gasteiger partial charge in [0.15, 0.2) is 6.10 Å². The molecule has 1 atom stereocenters. The Morgan fingerprint density at radius 3 is 2.47 bits per heavy atom. The molecule has 1 fully saturated rings. The summed E-state index contributed by atoms with van der Waals surface area (Å²) in [6.07, 6.45) is 3.36. The number of alkyl halides is 1. The van der Waals surface area contributed by atoms with Crippen molar-refractivity contribution < 1.29 is 13.9 Å². The van der Waals surface area contributed by atoms with E-state index < -0.39 is 12.2 Å². The lowest BCUT2D eigenvalue weighted by molar-refractivity contribution is 0.0968. The van der Waals surface area contributed by atoms with Crippen LogP contribution in [0.4, 0.5) is 4.39 Å². The summed E-state index contributed by atoms with van der Waals surface area (Å²) in [4.78, 5) is 15.4. The third-order valence-electron chi connectivity index (χ3n) is 6.21. The molecule has 4 rings (SSSR count). The minimum atomic E-state index is -0.724. The standard InChI is InChI=1S/C24H31FN2O3/c1-23(2)10-17(11-24(3,4)15-23)16-5-7-19(8-6-16)29-14-20-13-27-18(12-25)9-21(28)26-22(27)30-20/h5-9,17,20H,10-15H2,1-4H3. The highest BCUT2D eigenvalue weighted by Gasteiger charge is 2.38. The summed E-state index contributed by atoms with van der Waals surface area (Å²) in [5.74, 6) is 1.34. The van der Waals surface area contributed by atoms with Crippen LogP contribution in [0.25, 0.3) is 0 Å². The van der Waals surface area contributed by atoms with Crippen molar-refractivity contribution in [2.24, 2.45) is 10.8 Å². The summed E-state index contributed by atoms with van der Waals surface area (Å²) in [6, 6.07) is 9.75. The van der Waals surface area contributed by atoms with Gasteiger partial charge in [-0.05, 0) is 53.7 Å². The second kappa shape index (κ2) is 7.71. The van der Waals surface area contributed by atoms with Gasteiger partial charge in [-0.1, -0.05) is 39.8 Å². The minimum Gasteiger partial charge on any atom is -0.490 e. The highest BCUT2D eigenvalue weighted by molar-refractivity contribution is 5.30. The SMILES string of the molecule is CC1(C)CC(c2ccc(OCC3Cn4c(CF)cc(=O)nc4O3)cc2)CC(C)(C)C1. The molecule has 0 N–H and O–H groups in total. The lowest BCUT2D eigenvalue weighted by Crippen LogP contribution is -2.32. The Kier molecular flexibility index (Phi) is 5.37. The Morgan fingerprint density at radius 2 is 1.83 bits per heavy atom. The minimum absolute atomic E-state index is 0.168. The molecule has 162 valence electrons. The molecule has 30 heavy (non-hydrogen) atoms. The molecule has 2 heterocycles. The van der Waals surface area contributed by atoms with Gasteiger partial charge < -0.3 is 9.47 Å². The fraction of sp³-hybridized carbons (Fsp3) is 0.583. The van der Waals surface area contributed by atoms with Crippen molar-refractivity contribution in [1.29, 1.82) is 0 Å². The van der Waals surface area contributed by atoms with Gasteiger partial charge in [-0.25, -0.2) is 4.39 Å². The molecule has 0 radical (unpaired) electrons. The molecule has 1 aromatic carbocycles. The molecule has 6 heteroatoms. The molecule has 1 aliphatic carbocycles. The molecular formula is C24H31FN2O3. The van der Waals surface area contributed by atoms with E-state index >= 15 is 0 Å². The van der Waals surface area contributed by atoms with E-state index in [4.69, 9.17) is 9.47 Å². The summed E-state index contributed by atoms with van der Waals surface area (Å²) in [7, 11) is 0. The van der Waals surface area contributed by atoms with Gasteiger partial charge in [-0.2, -0.15) is 4.98 Å². The molecule has 1 aromatic heterocycles. The number of hydrogen-bond acceptors (Lipinski definition) is 4. The predicted octanol–water partition coefficient (Wildman–Crippen LogP) is 4.87. The maximum absolute atomic E-state index is 13.2. The fourth-order valence-corrected chi connectivity index (χ4v) is 5.51. The first-order valence-electron chi connectivity index (χ1n) is 10.7. The van der Waals surface area contributed by atoms with Gasteiger partial charge in [-0.3, -0.25) is 9.36 Å². The van der Waals surface area contributed by atoms with Crippen LogP contribution in [0.5, 0.6) is 11.8 Å². The van der Waals surface area contributed by atoms with Crippen LogP contribution in [0.3, 0.4) is 0 Å². The Balaban J connectivity index is 1.37. The number of aromatic nitrogens is 2. The smallest absolute Gasteiger partial charge is 0.300 e. The van der Waals surface area contributed by atoms with Crippen LogP contribution < -0.4 is 15.0 Å². The van der Waals surface area contributed by atoms with E-state index in [1.165, 1.54) is 30.9 Å². The highest BCUT2D eigenvalue weighted by atomic mass is 19.1. The van der Waals surface area contributed by atoms with Crippen LogP contribution in [0.2, 0.25) is 0 Å². The average Bonchev–Trinajstić information content (AvgIpc) is 3.06. The topological polar surface area (TPSA) is 53.4 Å². The van der Waals surface area contributed by atoms with E-state index in [-0.39, 0.29) is 17.8 Å². The summed E-state index contributed by atoms with van der Waals surface area (Å²) in [5, 5.41) is 0. The van der Waals surface area contributed by atoms with Crippen molar-refractivity contribution in [3.63, 3.8) is 0 Å². The van der Waals surface area contributed by atoms with E-state index in [0.29, 0.717) is 29.9 Å². The van der Waals surface area contributed by atoms with Crippen molar-refractivity contribution >= 4 is 0 Å². The lowest BCUT2D eigenvalue weighted by atomic mass is 9.60. The second-order valence-corrected chi connectivity index (χ2v) is 10.3. The lowest BCUT2D eigenvalue weighted by Gasteiger charge is -2.45. The van der Waals surface area contributed by atoms with Gasteiger partial charge in [0, 0.05) is 6.07 Å². The molecule has 1 saturated carbocycles. The number of halogens is 1. The van der Waals surface area contributed by atoms with E-state index in [9.17, 15) is 9.18 Å². The Bertz CT molecular complexity index is 949. The van der Waals surface area contributed by atoms with Crippen LogP contribution in [0.1, 0.15) is 64.1 Å². The highest BCUT2D eigenvalue weighted by Crippen LogP contribution is 2.51. The molecule has 1 unspecified atom stereocenters. The summed E-state index contributed by atoms with van der Waals surface area (Å²) >= 11 is 0. The zero-order chi connectivity index (χ0) is 21.5. The van der Waals surface area contributed by atoms with Crippen molar-refractivity contribution in [2.45, 2.75) is 72.2 Å². The van der Waals surface area contributed by atoms with Crippen LogP contribution in [0.15, 0.2) is 35.1 Å². The molecule has 5 nitrogen and oxygen atoms in total. The number of fused-ring (bicyclic) bond motifs is 1. The predicted molar refractivity (Wildman–Crippen MR) is 114 cm³/mol. The summed E-state index contributed by atoms with van der Waals surface area (Å²) < 4.78 is 26.3. The Hall–Kier alpha value is -2.37. The van der Waals surface area contributed by atoms with Crippen molar-refractivity contribution in [1.82, 2.24) is 9.55 Å². The first-order valence-corrected chi connectivity index (χ1v) is 10.7. The van der Waals surface area contributed by atoms with Crippen LogP contribution in [-0.4, -0.2) is 22.3 Å². The van der Waals surface area contributed by atoms with E-state index in [0.717, 1.165) is 5.75 Å². The maximum atomic E-state index is 13.2. The van der Waals surface area contributed by atoms with E-state index in [1.807, 2.05) is 12.1 Å². The number of benzene rings is 1. The molecular weight excluding hydrogens is 383 g/mol. The quantitative estimate of drug-likeness (QED) is 0.700. The molecule has 0 saturated heterocycles. The van der Waals surface area contributed by atoms with Gasteiger partial charge in [-0.15, -0.1) is 0 Å². The fourth-order valence-electron chi connectivity index (χ4n) is 5.51. The van der Waals surface area contributed by atoms with Crippen LogP contribution >= 0.6 is 0 Å². The van der Waals surface area contributed by atoms with Gasteiger partial charge >= 0.3 is 6.01 Å². The van der Waals surface area contributed by atoms with Crippen molar-refractivity contribution in [2.75, 3.05) is 6.61 Å². The average molecular weight is 415 g/mol. The Labute approximate surface area is 177 Å². The zero-order valence-corrected chi connectivity index (χ0v) is 18.3. The van der Waals surface area contributed by atoms with Crippen molar-refractivity contribution in [3.8, 4) is 11.8 Å². The maximum Gasteiger partial charge on any atom is 0.300 e. The normalized spacial score (nSPS) is 22.4. The third-order valence-corrected chi connectivity index (χ3v) is 6.21. The zero-order valence-electron chi connectivity index (χ0n) is 18.3. The van der Waals surface area contributed by atoms with Crippen LogP contribution in [-0.2, 0) is 13.2 Å². The number of nitrogens with zero attached hydrogens (tertiary/aromatic N) is 2. The molecule has 0 bridgehead atoms. The summed E-state index contributed by atoms with van der Waals surface area (Å²) in [6.45, 7) is 9.49. The van der Waals surface area contributed by atoms with Crippen LogP contribution in [0, 0.1) is 10.8 Å². The number of ether oxygens (including phenoxy) is 2. The Morgan fingerprint density at radius 1 is 1.17 bits per heavy atom. The van der Waals surface area contributed by atoms with E-state index in [2.05, 4.69) is 44.8 Å². The third kappa shape index (κ3) is 4.52. The monoisotopic (exact) mass is 414 g/mol. The first-order chi connectivity index (χ1) is 14.1. The van der Waals surface area contributed by atoms with E-state index in [1.54, 1.807) is 4.57 Å². The number of hydrogen-bond donors (Lipinski definition) is 0. The van der Waals surface area contributed by atoms with Gasteiger partial charge in [0.25, 0.3) is 5.56 Å². The number of rotatable bonds is 5. The first kappa shape index (κ1) is 20.9. The molecule has 1 aliphatic heterocycles. The molecule has 2 aromatic rings. The van der Waals surface area contributed by atoms with Gasteiger partial charge in [0.2, 0.25) is 0 Å². The summed E-state index contributed by atoms with van der Waals surface area (Å²) in [5.41, 5.74) is 1.87. The van der Waals surface area contributed by atoms with Crippen molar-refractivity contribution in [3.05, 3.63) is 51.9 Å². The molecule has 0 spiro atoms. The van der Waals surface area contributed by atoms with Gasteiger partial charge in [0.05, 0.1) is 12.2 Å². The second-order valence-electron chi connectivity index (χ2n) is 10.3. The van der Waals surface area contributed by atoms with Gasteiger partial charge in [0.1, 0.15) is 19.0 Å². The largest absolute Gasteiger partial charge is 0.490 e. The molecule has 2 aliphatic rings. The molecule has 0 amide bonds.